The van der Waals surface area contributed by atoms with Crippen LogP contribution in [0.15, 0.2) is 12.3 Å². The Balaban J connectivity index is 2.00. The predicted molar refractivity (Wildman–Crippen MR) is 78.5 cm³/mol. The fraction of sp³-hybridized carbons (Fsp3) is 0.286. The molecule has 0 atom stereocenters. The van der Waals surface area contributed by atoms with Crippen molar-refractivity contribution in [3.63, 3.8) is 0 Å². The second-order valence-corrected chi connectivity index (χ2v) is 5.08. The molecule has 3 rings (SSSR count). The number of hydrogen-bond donors (Lipinski definition) is 2. The Labute approximate surface area is 121 Å². The van der Waals surface area contributed by atoms with Crippen molar-refractivity contribution in [2.75, 3.05) is 5.32 Å². The van der Waals surface area contributed by atoms with Crippen molar-refractivity contribution < 1.29 is 4.79 Å². The smallest absolute Gasteiger partial charge is 0.259 e. The van der Waals surface area contributed by atoms with Crippen LogP contribution in [-0.4, -0.2) is 30.7 Å². The average Bonchev–Trinajstić information content (AvgIpc) is 2.96. The molecule has 3 heterocycles. The Bertz CT molecular complexity index is 825. The molecule has 0 saturated carbocycles. The summed E-state index contributed by atoms with van der Waals surface area (Å²) in [7, 11) is 0. The second-order valence-electron chi connectivity index (χ2n) is 5.08. The molecule has 3 aromatic rings. The first-order chi connectivity index (χ1) is 9.97. The van der Waals surface area contributed by atoms with Gasteiger partial charge in [0.2, 0.25) is 0 Å². The minimum atomic E-state index is -0.220. The Morgan fingerprint density at radius 3 is 2.71 bits per heavy atom. The van der Waals surface area contributed by atoms with Crippen LogP contribution in [0.4, 0.5) is 5.69 Å². The number of anilines is 1. The molecular weight excluding hydrogens is 268 g/mol. The predicted octanol–water partition coefficient (Wildman–Crippen LogP) is 1.94. The van der Waals surface area contributed by atoms with Crippen LogP contribution < -0.4 is 5.32 Å². The van der Waals surface area contributed by atoms with Crippen molar-refractivity contribution in [3.05, 3.63) is 40.6 Å². The highest BCUT2D eigenvalue weighted by molar-refractivity contribution is 6.05. The Morgan fingerprint density at radius 2 is 2.05 bits per heavy atom. The molecule has 0 unspecified atom stereocenters. The molecule has 0 saturated heterocycles. The first-order valence-corrected chi connectivity index (χ1v) is 6.62. The highest BCUT2D eigenvalue weighted by Gasteiger charge is 2.16. The summed E-state index contributed by atoms with van der Waals surface area (Å²) in [6.45, 7) is 7.45. The topological polar surface area (TPSA) is 88.0 Å². The molecule has 108 valence electrons. The molecule has 21 heavy (non-hydrogen) atoms. The van der Waals surface area contributed by atoms with Gasteiger partial charge in [-0.25, -0.2) is 9.50 Å². The van der Waals surface area contributed by atoms with Crippen LogP contribution in [0.5, 0.6) is 0 Å². The Kier molecular flexibility index (Phi) is 2.97. The highest BCUT2D eigenvalue weighted by atomic mass is 16.1. The van der Waals surface area contributed by atoms with Crippen molar-refractivity contribution in [2.24, 2.45) is 0 Å². The molecule has 0 spiro atoms. The normalized spacial score (nSPS) is 11.0. The lowest BCUT2D eigenvalue weighted by Crippen LogP contribution is -2.16. The summed E-state index contributed by atoms with van der Waals surface area (Å²) in [4.78, 5) is 16.7. The number of carbonyl (C=O) groups is 1. The number of carbonyl (C=O) groups excluding carboxylic acids is 1. The molecule has 7 nitrogen and oxygen atoms in total. The van der Waals surface area contributed by atoms with Gasteiger partial charge in [0.25, 0.3) is 5.91 Å². The number of aromatic nitrogens is 5. The number of rotatable bonds is 2. The van der Waals surface area contributed by atoms with E-state index in [2.05, 4.69) is 25.6 Å². The van der Waals surface area contributed by atoms with Crippen LogP contribution in [0.1, 0.15) is 33.1 Å². The van der Waals surface area contributed by atoms with Gasteiger partial charge >= 0.3 is 0 Å². The van der Waals surface area contributed by atoms with Crippen molar-refractivity contribution in [1.82, 2.24) is 24.8 Å². The monoisotopic (exact) mass is 284 g/mol. The summed E-state index contributed by atoms with van der Waals surface area (Å²) in [6.07, 6.45) is 1.58. The lowest BCUT2D eigenvalue weighted by Gasteiger charge is -2.08. The minimum Gasteiger partial charge on any atom is -0.319 e. The van der Waals surface area contributed by atoms with Crippen molar-refractivity contribution in [2.45, 2.75) is 27.7 Å². The van der Waals surface area contributed by atoms with E-state index in [0.29, 0.717) is 11.3 Å². The molecule has 0 radical (unpaired) electrons. The quantitative estimate of drug-likeness (QED) is 0.752. The molecule has 0 aliphatic carbocycles. The van der Waals surface area contributed by atoms with Crippen LogP contribution in [-0.2, 0) is 0 Å². The van der Waals surface area contributed by atoms with E-state index >= 15 is 0 Å². The number of aromatic amines is 1. The van der Waals surface area contributed by atoms with E-state index in [0.717, 1.165) is 28.4 Å². The van der Waals surface area contributed by atoms with Crippen LogP contribution in [0.2, 0.25) is 0 Å². The maximum Gasteiger partial charge on any atom is 0.259 e. The number of nitrogens with one attached hydrogen (secondary N) is 2. The van der Waals surface area contributed by atoms with Gasteiger partial charge in [0.15, 0.2) is 5.65 Å². The lowest BCUT2D eigenvalue weighted by atomic mass is 10.2. The number of hydrogen-bond acceptors (Lipinski definition) is 4. The van der Waals surface area contributed by atoms with Gasteiger partial charge in [-0.05, 0) is 27.7 Å². The fourth-order valence-electron chi connectivity index (χ4n) is 2.30. The zero-order valence-corrected chi connectivity index (χ0v) is 12.4. The zero-order valence-electron chi connectivity index (χ0n) is 12.4. The third kappa shape index (κ3) is 2.16. The van der Waals surface area contributed by atoms with Crippen molar-refractivity contribution in [1.29, 1.82) is 0 Å². The van der Waals surface area contributed by atoms with Gasteiger partial charge in [0.1, 0.15) is 0 Å². The number of aryl methyl sites for hydroxylation is 4. The molecule has 0 aliphatic rings. The zero-order chi connectivity index (χ0) is 15.1. The average molecular weight is 284 g/mol. The third-order valence-corrected chi connectivity index (χ3v) is 3.46. The fourth-order valence-corrected chi connectivity index (χ4v) is 2.30. The van der Waals surface area contributed by atoms with Gasteiger partial charge in [-0.3, -0.25) is 9.89 Å². The van der Waals surface area contributed by atoms with E-state index in [-0.39, 0.29) is 5.91 Å². The number of fused-ring (bicyclic) bond motifs is 1. The molecule has 2 N–H and O–H groups in total. The van der Waals surface area contributed by atoms with Gasteiger partial charge in [0, 0.05) is 12.3 Å². The molecule has 1 amide bonds. The van der Waals surface area contributed by atoms with Gasteiger partial charge in [-0.2, -0.15) is 10.2 Å². The van der Waals surface area contributed by atoms with Crippen molar-refractivity contribution in [3.8, 4) is 0 Å². The van der Waals surface area contributed by atoms with Crippen molar-refractivity contribution >= 4 is 17.2 Å². The Hall–Kier alpha value is -2.70. The Morgan fingerprint density at radius 1 is 1.29 bits per heavy atom. The summed E-state index contributed by atoms with van der Waals surface area (Å²) in [6, 6.07) is 1.87. The summed E-state index contributed by atoms with van der Waals surface area (Å²) in [5.74, 6) is -0.220. The first-order valence-electron chi connectivity index (χ1n) is 6.62. The molecule has 0 aromatic carbocycles. The highest BCUT2D eigenvalue weighted by Crippen LogP contribution is 2.18. The summed E-state index contributed by atoms with van der Waals surface area (Å²) >= 11 is 0. The second kappa shape index (κ2) is 4.69. The van der Waals surface area contributed by atoms with Gasteiger partial charge in [0.05, 0.1) is 34.0 Å². The van der Waals surface area contributed by atoms with Gasteiger partial charge in [-0.1, -0.05) is 0 Å². The number of H-pyrrole nitrogens is 1. The standard InChI is InChI=1S/C14H16N6O/c1-7-5-12-15-6-11(10(4)20(12)19-7)14(21)16-13-8(2)17-18-9(13)3/h5-6H,1-4H3,(H,16,21)(H,17,18). The summed E-state index contributed by atoms with van der Waals surface area (Å²) in [5.41, 5.74) is 5.12. The molecule has 3 aromatic heterocycles. The van der Waals surface area contributed by atoms with Crippen LogP contribution >= 0.6 is 0 Å². The lowest BCUT2D eigenvalue weighted by molar-refractivity contribution is 0.102. The molecule has 7 heteroatoms. The van der Waals surface area contributed by atoms with Gasteiger partial charge in [-0.15, -0.1) is 0 Å². The maximum atomic E-state index is 12.5. The summed E-state index contributed by atoms with van der Waals surface area (Å²) < 4.78 is 1.68. The molecular formula is C14H16N6O. The molecule has 0 fully saturated rings. The largest absolute Gasteiger partial charge is 0.319 e. The maximum absolute atomic E-state index is 12.5. The molecule has 0 bridgehead atoms. The van der Waals surface area contributed by atoms with Crippen LogP contribution in [0, 0.1) is 27.7 Å². The summed E-state index contributed by atoms with van der Waals surface area (Å²) in [5, 5.41) is 14.1. The van der Waals surface area contributed by atoms with Crippen LogP contribution in [0.25, 0.3) is 5.65 Å². The van der Waals surface area contributed by atoms with E-state index in [4.69, 9.17) is 0 Å². The van der Waals surface area contributed by atoms with E-state index in [1.807, 2.05) is 33.8 Å². The SMILES string of the molecule is Cc1cc2ncc(C(=O)Nc3c(C)n[nH]c3C)c(C)n2n1. The molecule has 0 aliphatic heterocycles. The minimum absolute atomic E-state index is 0.220. The third-order valence-electron chi connectivity index (χ3n) is 3.46. The number of nitrogens with zero attached hydrogens (tertiary/aromatic N) is 4. The van der Waals surface area contributed by atoms with E-state index < -0.39 is 0 Å². The van der Waals surface area contributed by atoms with Crippen LogP contribution in [0.3, 0.4) is 0 Å². The van der Waals surface area contributed by atoms with E-state index in [1.54, 1.807) is 10.7 Å². The van der Waals surface area contributed by atoms with E-state index in [9.17, 15) is 4.79 Å². The van der Waals surface area contributed by atoms with E-state index in [1.165, 1.54) is 0 Å². The number of amides is 1. The first kappa shape index (κ1) is 13.3. The van der Waals surface area contributed by atoms with Gasteiger partial charge < -0.3 is 5.32 Å².